The molecule has 0 radical (unpaired) electrons. The molecule has 0 bridgehead atoms. The maximum absolute atomic E-state index is 13.1. The highest BCUT2D eigenvalue weighted by Crippen LogP contribution is 2.29. The molecule has 0 aliphatic carbocycles. The molecule has 1 heterocycles. The Bertz CT molecular complexity index is 1120. The number of benzene rings is 3. The topological polar surface area (TPSA) is 70.7 Å². The Balaban J connectivity index is 1.34. The molecule has 1 atom stereocenters. The molecule has 1 aliphatic heterocycles. The van der Waals surface area contributed by atoms with E-state index in [1.165, 1.54) is 0 Å². The number of nitrogens with zero attached hydrogens (tertiary/aromatic N) is 1. The van der Waals surface area contributed by atoms with Crippen LogP contribution in [-0.4, -0.2) is 43.0 Å². The first kappa shape index (κ1) is 23.5. The fraction of sp³-hybridized carbons (Fsp3) is 0.286. The summed E-state index contributed by atoms with van der Waals surface area (Å²) in [5, 5.41) is 6.10. The van der Waals surface area contributed by atoms with Crippen LogP contribution in [0, 0.1) is 5.92 Å². The van der Waals surface area contributed by atoms with Crippen molar-refractivity contribution < 1.29 is 14.3 Å². The Kier molecular flexibility index (Phi) is 7.60. The van der Waals surface area contributed by atoms with Crippen LogP contribution in [0.3, 0.4) is 0 Å². The lowest BCUT2D eigenvalue weighted by atomic mass is 9.94. The minimum atomic E-state index is -0.290. The summed E-state index contributed by atoms with van der Waals surface area (Å²) >= 11 is 0. The third kappa shape index (κ3) is 5.46. The van der Waals surface area contributed by atoms with Gasteiger partial charge in [0.2, 0.25) is 11.8 Å². The van der Waals surface area contributed by atoms with Gasteiger partial charge in [0.15, 0.2) is 0 Å². The van der Waals surface area contributed by atoms with Gasteiger partial charge in [0.1, 0.15) is 5.75 Å². The van der Waals surface area contributed by atoms with E-state index in [0.29, 0.717) is 37.4 Å². The first-order valence-electron chi connectivity index (χ1n) is 11.7. The molecule has 2 amide bonds. The van der Waals surface area contributed by atoms with Crippen molar-refractivity contribution in [3.8, 4) is 16.9 Å². The van der Waals surface area contributed by atoms with Gasteiger partial charge >= 0.3 is 0 Å². The summed E-state index contributed by atoms with van der Waals surface area (Å²) in [5.74, 6) is 0.517. The molecule has 0 spiro atoms. The van der Waals surface area contributed by atoms with Crippen LogP contribution in [0.25, 0.3) is 11.1 Å². The first-order valence-corrected chi connectivity index (χ1v) is 11.7. The monoisotopic (exact) mass is 457 g/mol. The number of likely N-dealkylation sites (tertiary alicyclic amines) is 1. The van der Waals surface area contributed by atoms with Crippen LogP contribution in [0.1, 0.15) is 19.8 Å². The number of carbonyl (C=O) groups excluding carboxylic acids is 2. The largest absolute Gasteiger partial charge is 0.495 e. The fourth-order valence-corrected chi connectivity index (χ4v) is 4.40. The Morgan fingerprint density at radius 1 is 0.853 bits per heavy atom. The summed E-state index contributed by atoms with van der Waals surface area (Å²) < 4.78 is 5.33. The highest BCUT2D eigenvalue weighted by Gasteiger charge is 2.30. The number of rotatable bonds is 7. The van der Waals surface area contributed by atoms with Crippen LogP contribution in [0.5, 0.6) is 5.75 Å². The molecule has 176 valence electrons. The minimum absolute atomic E-state index is 0.00181. The Labute approximate surface area is 200 Å². The van der Waals surface area contributed by atoms with E-state index in [2.05, 4.69) is 15.5 Å². The second kappa shape index (κ2) is 11.0. The van der Waals surface area contributed by atoms with Crippen LogP contribution >= 0.6 is 0 Å². The maximum Gasteiger partial charge on any atom is 0.241 e. The van der Waals surface area contributed by atoms with Gasteiger partial charge in [-0.1, -0.05) is 60.7 Å². The fourth-order valence-electron chi connectivity index (χ4n) is 4.40. The van der Waals surface area contributed by atoms with Gasteiger partial charge in [-0.15, -0.1) is 0 Å². The summed E-state index contributed by atoms with van der Waals surface area (Å²) in [7, 11) is 1.59. The minimum Gasteiger partial charge on any atom is -0.495 e. The number of nitrogens with one attached hydrogen (secondary N) is 2. The van der Waals surface area contributed by atoms with Gasteiger partial charge in [-0.3, -0.25) is 14.5 Å². The molecular weight excluding hydrogens is 426 g/mol. The smallest absolute Gasteiger partial charge is 0.241 e. The zero-order valence-corrected chi connectivity index (χ0v) is 19.7. The van der Waals surface area contributed by atoms with Crippen molar-refractivity contribution in [1.29, 1.82) is 0 Å². The summed E-state index contributed by atoms with van der Waals surface area (Å²) in [6.45, 7) is 3.31. The number of ether oxygens (including phenoxy) is 1. The average molecular weight is 458 g/mol. The van der Waals surface area contributed by atoms with Gasteiger partial charge in [-0.25, -0.2) is 0 Å². The zero-order chi connectivity index (χ0) is 23.9. The SMILES string of the molecule is COc1ccccc1NC(=O)C1CCN(C(C)C(=O)Nc2ccccc2-c2ccccc2)CC1. The zero-order valence-electron chi connectivity index (χ0n) is 19.7. The van der Waals surface area contributed by atoms with Crippen molar-refractivity contribution in [3.63, 3.8) is 0 Å². The van der Waals surface area contributed by atoms with Gasteiger partial charge in [-0.05, 0) is 56.6 Å². The third-order valence-electron chi connectivity index (χ3n) is 6.46. The van der Waals surface area contributed by atoms with E-state index in [9.17, 15) is 9.59 Å². The number of amides is 2. The summed E-state index contributed by atoms with van der Waals surface area (Å²) in [4.78, 5) is 28.0. The van der Waals surface area contributed by atoms with E-state index in [0.717, 1.165) is 16.8 Å². The molecule has 0 saturated carbocycles. The number of anilines is 2. The van der Waals surface area contributed by atoms with Crippen LogP contribution in [-0.2, 0) is 9.59 Å². The number of hydrogen-bond donors (Lipinski definition) is 2. The van der Waals surface area contributed by atoms with E-state index in [1.54, 1.807) is 7.11 Å². The predicted molar refractivity (Wildman–Crippen MR) is 136 cm³/mol. The number of carbonyl (C=O) groups is 2. The molecule has 0 aromatic heterocycles. The second-order valence-electron chi connectivity index (χ2n) is 8.58. The normalized spacial score (nSPS) is 15.4. The molecular formula is C28H31N3O3. The van der Waals surface area contributed by atoms with E-state index >= 15 is 0 Å². The molecule has 1 saturated heterocycles. The lowest BCUT2D eigenvalue weighted by molar-refractivity contribution is -0.123. The first-order chi connectivity index (χ1) is 16.6. The molecule has 34 heavy (non-hydrogen) atoms. The van der Waals surface area contributed by atoms with E-state index in [-0.39, 0.29) is 23.8 Å². The number of piperidine rings is 1. The second-order valence-corrected chi connectivity index (χ2v) is 8.58. The number of methoxy groups -OCH3 is 1. The molecule has 3 aromatic rings. The van der Waals surface area contributed by atoms with Crippen molar-refractivity contribution in [1.82, 2.24) is 4.90 Å². The Morgan fingerprint density at radius 3 is 2.18 bits per heavy atom. The van der Waals surface area contributed by atoms with Gasteiger partial charge in [0.05, 0.1) is 18.8 Å². The van der Waals surface area contributed by atoms with E-state index < -0.39 is 0 Å². The van der Waals surface area contributed by atoms with Crippen molar-refractivity contribution in [3.05, 3.63) is 78.9 Å². The lowest BCUT2D eigenvalue weighted by Gasteiger charge is -2.34. The average Bonchev–Trinajstić information content (AvgIpc) is 2.89. The molecule has 6 heteroatoms. The van der Waals surface area contributed by atoms with E-state index in [1.807, 2.05) is 85.8 Å². The van der Waals surface area contributed by atoms with Crippen molar-refractivity contribution in [2.45, 2.75) is 25.8 Å². The van der Waals surface area contributed by atoms with Crippen LogP contribution in [0.2, 0.25) is 0 Å². The summed E-state index contributed by atoms with van der Waals surface area (Å²) in [6.07, 6.45) is 1.42. The van der Waals surface area contributed by atoms with Gasteiger partial charge in [0, 0.05) is 17.2 Å². The lowest BCUT2D eigenvalue weighted by Crippen LogP contribution is -2.47. The quantitative estimate of drug-likeness (QED) is 0.522. The molecule has 1 fully saturated rings. The van der Waals surface area contributed by atoms with E-state index in [4.69, 9.17) is 4.74 Å². The van der Waals surface area contributed by atoms with Crippen LogP contribution in [0.15, 0.2) is 78.9 Å². The third-order valence-corrected chi connectivity index (χ3v) is 6.46. The van der Waals surface area contributed by atoms with Crippen LogP contribution < -0.4 is 15.4 Å². The molecule has 6 nitrogen and oxygen atoms in total. The van der Waals surface area contributed by atoms with Crippen molar-refractivity contribution >= 4 is 23.2 Å². The Hall–Kier alpha value is -3.64. The predicted octanol–water partition coefficient (Wildman–Crippen LogP) is 5.04. The summed E-state index contributed by atoms with van der Waals surface area (Å²) in [5.41, 5.74) is 3.54. The molecule has 1 aliphatic rings. The molecule has 1 unspecified atom stereocenters. The number of para-hydroxylation sites is 3. The highest BCUT2D eigenvalue weighted by molar-refractivity contribution is 5.98. The maximum atomic E-state index is 13.1. The number of hydrogen-bond acceptors (Lipinski definition) is 4. The van der Waals surface area contributed by atoms with Crippen molar-refractivity contribution in [2.24, 2.45) is 5.92 Å². The molecule has 4 rings (SSSR count). The van der Waals surface area contributed by atoms with Gasteiger partial charge in [0.25, 0.3) is 0 Å². The van der Waals surface area contributed by atoms with Crippen LogP contribution in [0.4, 0.5) is 11.4 Å². The highest BCUT2D eigenvalue weighted by atomic mass is 16.5. The van der Waals surface area contributed by atoms with Gasteiger partial charge < -0.3 is 15.4 Å². The Morgan fingerprint density at radius 2 is 1.47 bits per heavy atom. The van der Waals surface area contributed by atoms with Crippen molar-refractivity contribution in [2.75, 3.05) is 30.8 Å². The molecule has 2 N–H and O–H groups in total. The summed E-state index contributed by atoms with van der Waals surface area (Å²) in [6, 6.07) is 25.0. The van der Waals surface area contributed by atoms with Gasteiger partial charge in [-0.2, -0.15) is 0 Å². The molecule has 3 aromatic carbocycles. The standard InChI is InChI=1S/C28H31N3O3/c1-20(27(32)29-24-13-7-6-12-23(24)21-10-4-3-5-11-21)31-18-16-22(17-19-31)28(33)30-25-14-8-9-15-26(25)34-2/h3-15,20,22H,16-19H2,1-2H3,(H,29,32)(H,30,33).